The van der Waals surface area contributed by atoms with Gasteiger partial charge in [-0.25, -0.2) is 0 Å². The molecule has 112 valence electrons. The van der Waals surface area contributed by atoms with Gasteiger partial charge in [-0.1, -0.05) is 47.8 Å². The minimum Gasteiger partial charge on any atom is -0.496 e. The third kappa shape index (κ3) is 4.31. The lowest BCUT2D eigenvalue weighted by molar-refractivity contribution is 0.406. The summed E-state index contributed by atoms with van der Waals surface area (Å²) < 4.78 is 8.69. The van der Waals surface area contributed by atoms with Gasteiger partial charge in [0.05, 0.1) is 7.11 Å². The molecular weight excluding hydrogens is 462 g/mol. The standard InChI is InChI=1S/C16H16Br3NO/c1-20-15(13-9-12(18)3-5-14(13)19)8-10-7-11(17)4-6-16(10)21-2/h3-7,9,15,20H,8H2,1-2H3. The van der Waals surface area contributed by atoms with E-state index in [9.17, 15) is 0 Å². The highest BCUT2D eigenvalue weighted by Crippen LogP contribution is 2.32. The van der Waals surface area contributed by atoms with E-state index in [0.29, 0.717) is 0 Å². The number of hydrogen-bond acceptors (Lipinski definition) is 2. The first kappa shape index (κ1) is 17.0. The Labute approximate surface area is 150 Å². The number of likely N-dealkylation sites (N-methyl/N-ethyl adjacent to an activating group) is 1. The Hall–Kier alpha value is -0.360. The molecule has 2 aromatic rings. The van der Waals surface area contributed by atoms with E-state index >= 15 is 0 Å². The molecule has 0 aliphatic rings. The van der Waals surface area contributed by atoms with E-state index in [2.05, 4.69) is 71.3 Å². The number of nitrogens with one attached hydrogen (secondary N) is 1. The van der Waals surface area contributed by atoms with Crippen LogP contribution in [0.15, 0.2) is 49.8 Å². The molecule has 5 heteroatoms. The normalized spacial score (nSPS) is 12.2. The van der Waals surface area contributed by atoms with Crippen molar-refractivity contribution < 1.29 is 4.74 Å². The van der Waals surface area contributed by atoms with Crippen molar-refractivity contribution in [3.8, 4) is 5.75 Å². The fraction of sp³-hybridized carbons (Fsp3) is 0.250. The lowest BCUT2D eigenvalue weighted by Crippen LogP contribution is -2.19. The first-order valence-electron chi connectivity index (χ1n) is 6.49. The molecule has 0 spiro atoms. The van der Waals surface area contributed by atoms with Crippen molar-refractivity contribution in [1.82, 2.24) is 5.32 Å². The Kier molecular flexibility index (Phi) is 6.29. The molecule has 0 amide bonds. The maximum absolute atomic E-state index is 5.47. The van der Waals surface area contributed by atoms with Gasteiger partial charge < -0.3 is 10.1 Å². The van der Waals surface area contributed by atoms with Gasteiger partial charge in [0.25, 0.3) is 0 Å². The van der Waals surface area contributed by atoms with E-state index in [1.54, 1.807) is 7.11 Å². The molecule has 0 saturated carbocycles. The summed E-state index contributed by atoms with van der Waals surface area (Å²) in [7, 11) is 3.68. The zero-order chi connectivity index (χ0) is 15.4. The SMILES string of the molecule is CNC(Cc1cc(Br)ccc1OC)c1cc(Br)ccc1Br. The zero-order valence-electron chi connectivity index (χ0n) is 11.8. The average Bonchev–Trinajstić information content (AvgIpc) is 2.47. The monoisotopic (exact) mass is 475 g/mol. The summed E-state index contributed by atoms with van der Waals surface area (Å²) in [6.45, 7) is 0. The molecule has 0 bridgehead atoms. The van der Waals surface area contributed by atoms with Crippen LogP contribution in [0.3, 0.4) is 0 Å². The number of hydrogen-bond donors (Lipinski definition) is 1. The lowest BCUT2D eigenvalue weighted by atomic mass is 9.98. The molecule has 0 saturated heterocycles. The molecule has 0 aromatic heterocycles. The predicted molar refractivity (Wildman–Crippen MR) is 98.0 cm³/mol. The largest absolute Gasteiger partial charge is 0.496 e. The highest BCUT2D eigenvalue weighted by atomic mass is 79.9. The molecule has 0 heterocycles. The highest BCUT2D eigenvalue weighted by Gasteiger charge is 2.16. The lowest BCUT2D eigenvalue weighted by Gasteiger charge is -2.20. The van der Waals surface area contributed by atoms with Crippen LogP contribution < -0.4 is 10.1 Å². The van der Waals surface area contributed by atoms with E-state index in [1.165, 1.54) is 5.56 Å². The van der Waals surface area contributed by atoms with Crippen molar-refractivity contribution in [2.75, 3.05) is 14.2 Å². The molecule has 0 fully saturated rings. The molecule has 2 aromatic carbocycles. The van der Waals surface area contributed by atoms with Crippen LogP contribution >= 0.6 is 47.8 Å². The summed E-state index contributed by atoms with van der Waals surface area (Å²) >= 11 is 10.7. The van der Waals surface area contributed by atoms with Crippen LogP contribution in [-0.4, -0.2) is 14.2 Å². The van der Waals surface area contributed by atoms with Crippen molar-refractivity contribution in [3.63, 3.8) is 0 Å². The molecule has 2 rings (SSSR count). The van der Waals surface area contributed by atoms with Crippen LogP contribution in [-0.2, 0) is 6.42 Å². The molecule has 0 aliphatic carbocycles. The number of ether oxygens (including phenoxy) is 1. The van der Waals surface area contributed by atoms with Crippen LogP contribution in [0.5, 0.6) is 5.75 Å². The van der Waals surface area contributed by atoms with Crippen LogP contribution in [0.25, 0.3) is 0 Å². The maximum atomic E-state index is 5.47. The van der Waals surface area contributed by atoms with Gasteiger partial charge in [-0.15, -0.1) is 0 Å². The first-order chi connectivity index (χ1) is 10.0. The molecular formula is C16H16Br3NO. The van der Waals surface area contributed by atoms with E-state index in [-0.39, 0.29) is 6.04 Å². The minimum atomic E-state index is 0.195. The maximum Gasteiger partial charge on any atom is 0.122 e. The molecule has 21 heavy (non-hydrogen) atoms. The summed E-state index contributed by atoms with van der Waals surface area (Å²) in [5, 5.41) is 3.38. The van der Waals surface area contributed by atoms with Crippen molar-refractivity contribution in [3.05, 3.63) is 60.9 Å². The molecule has 1 unspecified atom stereocenters. The van der Waals surface area contributed by atoms with Gasteiger partial charge in [-0.2, -0.15) is 0 Å². The fourth-order valence-electron chi connectivity index (χ4n) is 2.28. The summed E-state index contributed by atoms with van der Waals surface area (Å²) in [5.74, 6) is 0.907. The van der Waals surface area contributed by atoms with Crippen LogP contribution in [0.1, 0.15) is 17.2 Å². The Bertz CT molecular complexity index is 631. The van der Waals surface area contributed by atoms with Crippen molar-refractivity contribution in [2.24, 2.45) is 0 Å². The van der Waals surface area contributed by atoms with Crippen molar-refractivity contribution in [1.29, 1.82) is 0 Å². The summed E-state index contributed by atoms with van der Waals surface area (Å²) in [6, 6.07) is 12.5. The highest BCUT2D eigenvalue weighted by molar-refractivity contribution is 9.11. The zero-order valence-corrected chi connectivity index (χ0v) is 16.5. The summed E-state index contributed by atoms with van der Waals surface area (Å²) in [4.78, 5) is 0. The number of benzene rings is 2. The minimum absolute atomic E-state index is 0.195. The summed E-state index contributed by atoms with van der Waals surface area (Å²) in [5.41, 5.74) is 2.38. The van der Waals surface area contributed by atoms with Gasteiger partial charge in [-0.3, -0.25) is 0 Å². The van der Waals surface area contributed by atoms with E-state index in [1.807, 2.05) is 25.2 Å². The van der Waals surface area contributed by atoms with Gasteiger partial charge >= 0.3 is 0 Å². The van der Waals surface area contributed by atoms with Crippen LogP contribution in [0.2, 0.25) is 0 Å². The Morgan fingerprint density at radius 3 is 2.38 bits per heavy atom. The average molecular weight is 478 g/mol. The molecule has 0 radical (unpaired) electrons. The Morgan fingerprint density at radius 2 is 1.71 bits per heavy atom. The Morgan fingerprint density at radius 1 is 1.05 bits per heavy atom. The topological polar surface area (TPSA) is 21.3 Å². The van der Waals surface area contributed by atoms with Crippen molar-refractivity contribution in [2.45, 2.75) is 12.5 Å². The quantitative estimate of drug-likeness (QED) is 0.615. The van der Waals surface area contributed by atoms with Crippen LogP contribution in [0, 0.1) is 0 Å². The molecule has 0 aliphatic heterocycles. The third-order valence-electron chi connectivity index (χ3n) is 3.35. The smallest absolute Gasteiger partial charge is 0.122 e. The van der Waals surface area contributed by atoms with Gasteiger partial charge in [0.2, 0.25) is 0 Å². The number of halogens is 3. The third-order valence-corrected chi connectivity index (χ3v) is 5.06. The van der Waals surface area contributed by atoms with Gasteiger partial charge in [0.15, 0.2) is 0 Å². The number of methoxy groups -OCH3 is 1. The van der Waals surface area contributed by atoms with E-state index in [4.69, 9.17) is 4.74 Å². The molecule has 1 N–H and O–H groups in total. The second kappa shape index (κ2) is 7.77. The predicted octanol–water partition coefficient (Wildman–Crippen LogP) is 5.49. The van der Waals surface area contributed by atoms with Crippen molar-refractivity contribution >= 4 is 47.8 Å². The molecule has 1 atom stereocenters. The van der Waals surface area contributed by atoms with Gasteiger partial charge in [-0.05, 0) is 61.0 Å². The fourth-order valence-corrected chi connectivity index (χ4v) is 3.59. The molecule has 2 nitrogen and oxygen atoms in total. The second-order valence-corrected chi connectivity index (χ2v) is 7.35. The summed E-state index contributed by atoms with van der Waals surface area (Å²) in [6.07, 6.45) is 0.841. The van der Waals surface area contributed by atoms with E-state index < -0.39 is 0 Å². The second-order valence-electron chi connectivity index (χ2n) is 4.67. The first-order valence-corrected chi connectivity index (χ1v) is 8.87. The van der Waals surface area contributed by atoms with Gasteiger partial charge in [0, 0.05) is 19.5 Å². The number of rotatable bonds is 5. The van der Waals surface area contributed by atoms with Crippen LogP contribution in [0.4, 0.5) is 0 Å². The van der Waals surface area contributed by atoms with E-state index in [0.717, 1.165) is 31.2 Å². The Balaban J connectivity index is 2.35. The van der Waals surface area contributed by atoms with Gasteiger partial charge in [0.1, 0.15) is 5.75 Å².